The van der Waals surface area contributed by atoms with E-state index in [9.17, 15) is 10.1 Å². The van der Waals surface area contributed by atoms with Gasteiger partial charge in [-0.3, -0.25) is 4.79 Å². The third-order valence-corrected chi connectivity index (χ3v) is 11.4. The van der Waals surface area contributed by atoms with Gasteiger partial charge in [-0.15, -0.1) is 21.6 Å². The average molecular weight is 687 g/mol. The Labute approximate surface area is 297 Å². The second-order valence-corrected chi connectivity index (χ2v) is 15.5. The number of nitriles is 1. The SMILES string of the molecule is CCCCCCc1ccc(-c2ccc(NC(=O)/C(C#N)=C/c3cc4sc(/N=N/c5ccc6c(c5)C(C)CC(C)(C)N6C)nc4s3)cc2)cc1. The summed E-state index contributed by atoms with van der Waals surface area (Å²) in [5.41, 5.74) is 7.69. The Hall–Kier alpha value is -4.65. The van der Waals surface area contributed by atoms with Crippen LogP contribution in [0.5, 0.6) is 0 Å². The van der Waals surface area contributed by atoms with Gasteiger partial charge < -0.3 is 10.2 Å². The molecule has 1 atom stereocenters. The quantitative estimate of drug-likeness (QED) is 0.0647. The van der Waals surface area contributed by atoms with Gasteiger partial charge in [0, 0.05) is 28.8 Å². The number of hydrogen-bond acceptors (Lipinski definition) is 8. The Morgan fingerprint density at radius 3 is 2.45 bits per heavy atom. The number of aryl methyl sites for hydroxylation is 1. The molecule has 1 amide bonds. The Bertz CT molecular complexity index is 2020. The van der Waals surface area contributed by atoms with Crippen LogP contribution in [0.3, 0.4) is 0 Å². The highest BCUT2D eigenvalue weighted by atomic mass is 32.1. The number of carbonyl (C=O) groups excluding carboxylic acids is 1. The van der Waals surface area contributed by atoms with Crippen molar-refractivity contribution in [2.24, 2.45) is 10.2 Å². The Morgan fingerprint density at radius 1 is 1.02 bits per heavy atom. The average Bonchev–Trinajstić information content (AvgIpc) is 3.66. The number of fused-ring (bicyclic) bond motifs is 2. The molecule has 9 heteroatoms. The van der Waals surface area contributed by atoms with E-state index in [1.165, 1.54) is 65.2 Å². The van der Waals surface area contributed by atoms with Crippen LogP contribution in [0.25, 0.3) is 26.7 Å². The first-order valence-corrected chi connectivity index (χ1v) is 18.6. The van der Waals surface area contributed by atoms with E-state index in [1.54, 1.807) is 6.08 Å². The standard InChI is InChI=1S/C40H42N6OS2/c1-6-7-8-9-10-27-11-13-28(14-12-27)29-15-17-31(18-16-29)42-37(47)30(25-41)21-33-23-36-38(48-33)43-39(49-36)45-44-32-19-20-35-34(22-32)26(2)24-40(3,4)46(35)5/h11-23,26H,6-10,24H2,1-5H3,(H,42,47)/b30-21+,45-44+. The monoisotopic (exact) mass is 686 g/mol. The third kappa shape index (κ3) is 7.98. The van der Waals surface area contributed by atoms with E-state index >= 15 is 0 Å². The van der Waals surface area contributed by atoms with Gasteiger partial charge in [0.05, 0.1) is 10.4 Å². The second kappa shape index (κ2) is 14.9. The van der Waals surface area contributed by atoms with Crippen LogP contribution in [-0.4, -0.2) is 23.5 Å². The molecule has 250 valence electrons. The van der Waals surface area contributed by atoms with Crippen molar-refractivity contribution in [1.29, 1.82) is 5.26 Å². The van der Waals surface area contributed by atoms with Gasteiger partial charge in [-0.25, -0.2) is 4.98 Å². The molecule has 2 aromatic heterocycles. The molecule has 0 aliphatic carbocycles. The molecule has 49 heavy (non-hydrogen) atoms. The number of nitrogens with zero attached hydrogens (tertiary/aromatic N) is 5. The number of aromatic nitrogens is 1. The fourth-order valence-electron chi connectivity index (χ4n) is 6.44. The maximum Gasteiger partial charge on any atom is 0.266 e. The molecule has 0 saturated heterocycles. The molecule has 6 rings (SSSR count). The zero-order chi connectivity index (χ0) is 34.5. The number of nitrogens with one attached hydrogen (secondary N) is 1. The van der Waals surface area contributed by atoms with Crippen LogP contribution < -0.4 is 10.2 Å². The molecule has 3 heterocycles. The molecule has 0 bridgehead atoms. The topological polar surface area (TPSA) is 93.7 Å². The smallest absolute Gasteiger partial charge is 0.266 e. The molecule has 3 aromatic carbocycles. The van der Waals surface area contributed by atoms with Gasteiger partial charge in [0.1, 0.15) is 16.5 Å². The van der Waals surface area contributed by atoms with Crippen molar-refractivity contribution < 1.29 is 4.79 Å². The van der Waals surface area contributed by atoms with E-state index in [0.717, 1.165) is 44.1 Å². The summed E-state index contributed by atoms with van der Waals surface area (Å²) < 4.78 is 0.936. The molecule has 1 aliphatic rings. The number of hydrogen-bond donors (Lipinski definition) is 1. The lowest BCUT2D eigenvalue weighted by molar-refractivity contribution is -0.112. The fourth-order valence-corrected chi connectivity index (χ4v) is 8.42. The van der Waals surface area contributed by atoms with E-state index < -0.39 is 5.91 Å². The zero-order valence-corrected chi connectivity index (χ0v) is 30.4. The van der Waals surface area contributed by atoms with Gasteiger partial charge in [0.2, 0.25) is 5.13 Å². The summed E-state index contributed by atoms with van der Waals surface area (Å²) in [6.45, 7) is 9.06. The van der Waals surface area contributed by atoms with Crippen molar-refractivity contribution >= 4 is 66.4 Å². The fraction of sp³-hybridized carbons (Fsp3) is 0.325. The van der Waals surface area contributed by atoms with Crippen LogP contribution >= 0.6 is 22.7 Å². The van der Waals surface area contributed by atoms with Gasteiger partial charge in [-0.1, -0.05) is 80.8 Å². The van der Waals surface area contributed by atoms with E-state index in [4.69, 9.17) is 0 Å². The minimum absolute atomic E-state index is 0.0306. The third-order valence-electron chi connectivity index (χ3n) is 9.37. The predicted molar refractivity (Wildman–Crippen MR) is 206 cm³/mol. The van der Waals surface area contributed by atoms with Crippen molar-refractivity contribution in [3.8, 4) is 17.2 Å². The second-order valence-electron chi connectivity index (χ2n) is 13.4. The van der Waals surface area contributed by atoms with E-state index in [0.29, 0.717) is 16.7 Å². The van der Waals surface area contributed by atoms with E-state index in [2.05, 4.69) is 103 Å². The summed E-state index contributed by atoms with van der Waals surface area (Å²) in [6.07, 6.45) is 8.84. The summed E-state index contributed by atoms with van der Waals surface area (Å²) in [5, 5.41) is 22.1. The maximum atomic E-state index is 13.0. The van der Waals surface area contributed by atoms with Crippen molar-refractivity contribution in [2.75, 3.05) is 17.3 Å². The van der Waals surface area contributed by atoms with Crippen LogP contribution in [0.15, 0.2) is 88.6 Å². The Kier molecular flexibility index (Phi) is 10.4. The van der Waals surface area contributed by atoms with Crippen LogP contribution in [0.1, 0.15) is 81.7 Å². The van der Waals surface area contributed by atoms with Gasteiger partial charge in [0.25, 0.3) is 5.91 Å². The Morgan fingerprint density at radius 2 is 1.76 bits per heavy atom. The van der Waals surface area contributed by atoms with Gasteiger partial charge in [-0.05, 0) is 104 Å². The minimum Gasteiger partial charge on any atom is -0.369 e. The molecule has 7 nitrogen and oxygen atoms in total. The maximum absolute atomic E-state index is 13.0. The zero-order valence-electron chi connectivity index (χ0n) is 28.8. The summed E-state index contributed by atoms with van der Waals surface area (Å²) >= 11 is 2.85. The first kappa shape index (κ1) is 34.2. The van der Waals surface area contributed by atoms with Crippen molar-refractivity contribution in [3.05, 3.63) is 94.4 Å². The molecule has 1 aliphatic heterocycles. The first-order chi connectivity index (χ1) is 23.6. The molecule has 5 aromatic rings. The highest BCUT2D eigenvalue weighted by Crippen LogP contribution is 2.44. The molecule has 0 fully saturated rings. The number of carbonyl (C=O) groups is 1. The number of thiophene rings is 1. The largest absolute Gasteiger partial charge is 0.369 e. The number of amides is 1. The molecular formula is C40H42N6OS2. The van der Waals surface area contributed by atoms with E-state index in [-0.39, 0.29) is 11.1 Å². The summed E-state index contributed by atoms with van der Waals surface area (Å²) in [6, 6.07) is 26.7. The molecule has 1 unspecified atom stereocenters. The van der Waals surface area contributed by atoms with Crippen LogP contribution in [-0.2, 0) is 11.2 Å². The number of rotatable bonds is 11. The summed E-state index contributed by atoms with van der Waals surface area (Å²) in [7, 11) is 2.15. The summed E-state index contributed by atoms with van der Waals surface area (Å²) in [5.74, 6) is -0.0110. The van der Waals surface area contributed by atoms with E-state index in [1.807, 2.05) is 36.4 Å². The first-order valence-electron chi connectivity index (χ1n) is 17.0. The number of anilines is 2. The number of unbranched alkanes of at least 4 members (excludes halogenated alkanes) is 3. The van der Waals surface area contributed by atoms with Gasteiger partial charge in [0.15, 0.2) is 0 Å². The summed E-state index contributed by atoms with van der Waals surface area (Å²) in [4.78, 5) is 21.6. The molecular weight excluding hydrogens is 645 g/mol. The molecule has 0 radical (unpaired) electrons. The van der Waals surface area contributed by atoms with Gasteiger partial charge in [-0.2, -0.15) is 5.26 Å². The van der Waals surface area contributed by atoms with Crippen LogP contribution in [0.2, 0.25) is 0 Å². The number of azo groups is 1. The lowest BCUT2D eigenvalue weighted by atomic mass is 9.80. The molecule has 1 N–H and O–H groups in total. The molecule has 0 spiro atoms. The van der Waals surface area contributed by atoms with Crippen molar-refractivity contribution in [1.82, 2.24) is 4.98 Å². The van der Waals surface area contributed by atoms with Crippen molar-refractivity contribution in [2.45, 2.75) is 77.7 Å². The van der Waals surface area contributed by atoms with Crippen LogP contribution in [0.4, 0.5) is 22.2 Å². The van der Waals surface area contributed by atoms with Gasteiger partial charge >= 0.3 is 0 Å². The lowest BCUT2D eigenvalue weighted by Crippen LogP contribution is -2.45. The highest BCUT2D eigenvalue weighted by Gasteiger charge is 2.34. The highest BCUT2D eigenvalue weighted by molar-refractivity contribution is 7.29. The minimum atomic E-state index is -0.448. The number of thiazole rings is 1. The Balaban J connectivity index is 1.07. The molecule has 0 saturated carbocycles. The predicted octanol–water partition coefficient (Wildman–Crippen LogP) is 11.8. The van der Waals surface area contributed by atoms with Crippen molar-refractivity contribution in [3.63, 3.8) is 0 Å². The number of benzene rings is 3. The lowest BCUT2D eigenvalue weighted by Gasteiger charge is -2.45. The van der Waals surface area contributed by atoms with Crippen LogP contribution in [0, 0.1) is 11.3 Å². The normalized spacial score (nSPS) is 15.8.